The Balaban J connectivity index is 0.00000312. The fourth-order valence-electron chi connectivity index (χ4n) is 2.42. The van der Waals surface area contributed by atoms with E-state index in [4.69, 9.17) is 10.5 Å². The first-order chi connectivity index (χ1) is 11.4. The molecule has 0 spiro atoms. The maximum Gasteiger partial charge on any atom is 0.241 e. The smallest absolute Gasteiger partial charge is 0.241 e. The van der Waals surface area contributed by atoms with Crippen molar-refractivity contribution in [1.82, 2.24) is 5.32 Å². The monoisotopic (exact) mass is 362 g/mol. The largest absolute Gasteiger partial charge is 0.491 e. The molecule has 3 N–H and O–H groups in total. The molecule has 0 bridgehead atoms. The number of benzene rings is 2. The van der Waals surface area contributed by atoms with E-state index >= 15 is 0 Å². The highest BCUT2D eigenvalue weighted by atomic mass is 35.5. The number of carbonyl (C=O) groups is 1. The molecule has 4 nitrogen and oxygen atoms in total. The van der Waals surface area contributed by atoms with E-state index < -0.39 is 6.04 Å². The van der Waals surface area contributed by atoms with Gasteiger partial charge in [0.05, 0.1) is 12.1 Å². The molecule has 5 heteroatoms. The second-order valence-electron chi connectivity index (χ2n) is 6.35. The lowest BCUT2D eigenvalue weighted by Gasteiger charge is -2.19. The van der Waals surface area contributed by atoms with Crippen LogP contribution in [0.15, 0.2) is 48.5 Å². The van der Waals surface area contributed by atoms with E-state index in [2.05, 4.69) is 5.32 Å². The van der Waals surface area contributed by atoms with E-state index in [0.717, 1.165) is 22.4 Å². The summed E-state index contributed by atoms with van der Waals surface area (Å²) in [7, 11) is 0. The number of halogens is 1. The van der Waals surface area contributed by atoms with Crippen LogP contribution >= 0.6 is 12.4 Å². The lowest BCUT2D eigenvalue weighted by atomic mass is 10.0. The maximum absolute atomic E-state index is 12.4. The lowest BCUT2D eigenvalue weighted by Crippen LogP contribution is -2.35. The summed E-state index contributed by atoms with van der Waals surface area (Å²) in [5, 5.41) is 2.96. The first-order valence-electron chi connectivity index (χ1n) is 8.26. The SMILES string of the molecule is Cc1ccc(C(N)C(=O)NC(C)c2ccc(OC(C)C)cc2)cc1.Cl. The number of rotatable bonds is 6. The van der Waals surface area contributed by atoms with Crippen LogP contribution in [0.5, 0.6) is 5.75 Å². The third-order valence-electron chi connectivity index (χ3n) is 3.83. The van der Waals surface area contributed by atoms with Gasteiger partial charge in [-0.25, -0.2) is 0 Å². The highest BCUT2D eigenvalue weighted by Gasteiger charge is 2.18. The molecule has 136 valence electrons. The molecule has 0 aliphatic rings. The molecular weight excluding hydrogens is 336 g/mol. The van der Waals surface area contributed by atoms with Gasteiger partial charge in [-0.2, -0.15) is 0 Å². The topological polar surface area (TPSA) is 64.4 Å². The summed E-state index contributed by atoms with van der Waals surface area (Å²) in [5.41, 5.74) is 9.02. The summed E-state index contributed by atoms with van der Waals surface area (Å²) in [6, 6.07) is 14.7. The van der Waals surface area contributed by atoms with Crippen molar-refractivity contribution in [1.29, 1.82) is 0 Å². The third kappa shape index (κ3) is 6.07. The number of amides is 1. The average Bonchev–Trinajstić information content (AvgIpc) is 2.55. The van der Waals surface area contributed by atoms with E-state index in [1.54, 1.807) is 0 Å². The highest BCUT2D eigenvalue weighted by Crippen LogP contribution is 2.20. The molecule has 0 aromatic heterocycles. The summed E-state index contributed by atoms with van der Waals surface area (Å²) in [4.78, 5) is 12.4. The van der Waals surface area contributed by atoms with E-state index in [0.29, 0.717) is 0 Å². The second-order valence-corrected chi connectivity index (χ2v) is 6.35. The first-order valence-corrected chi connectivity index (χ1v) is 8.26. The van der Waals surface area contributed by atoms with Crippen LogP contribution in [0.25, 0.3) is 0 Å². The minimum Gasteiger partial charge on any atom is -0.491 e. The summed E-state index contributed by atoms with van der Waals surface area (Å²) >= 11 is 0. The van der Waals surface area contributed by atoms with Crippen LogP contribution in [0, 0.1) is 6.92 Å². The van der Waals surface area contributed by atoms with E-state index in [1.807, 2.05) is 76.2 Å². The van der Waals surface area contributed by atoms with Crippen LogP contribution in [0.4, 0.5) is 0 Å². The Morgan fingerprint density at radius 1 is 0.960 bits per heavy atom. The quantitative estimate of drug-likeness (QED) is 0.813. The molecule has 2 atom stereocenters. The first kappa shape index (κ1) is 21.0. The highest BCUT2D eigenvalue weighted by molar-refractivity contribution is 5.85. The lowest BCUT2D eigenvalue weighted by molar-refractivity contribution is -0.123. The molecule has 0 aliphatic carbocycles. The average molecular weight is 363 g/mol. The summed E-state index contributed by atoms with van der Waals surface area (Å²) in [5.74, 6) is 0.637. The van der Waals surface area contributed by atoms with Gasteiger partial charge >= 0.3 is 0 Å². The zero-order valence-electron chi connectivity index (χ0n) is 15.2. The van der Waals surface area contributed by atoms with Crippen molar-refractivity contribution in [3.05, 3.63) is 65.2 Å². The Morgan fingerprint density at radius 2 is 1.48 bits per heavy atom. The van der Waals surface area contributed by atoms with Crippen molar-refractivity contribution in [2.24, 2.45) is 5.73 Å². The molecule has 0 saturated carbocycles. The molecule has 2 rings (SSSR count). The predicted molar refractivity (Wildman–Crippen MR) is 104 cm³/mol. The second kappa shape index (κ2) is 9.44. The fraction of sp³-hybridized carbons (Fsp3) is 0.350. The number of hydrogen-bond donors (Lipinski definition) is 2. The van der Waals surface area contributed by atoms with Gasteiger partial charge in [-0.15, -0.1) is 12.4 Å². The van der Waals surface area contributed by atoms with Gasteiger partial charge in [-0.05, 0) is 51.0 Å². The van der Waals surface area contributed by atoms with Crippen LogP contribution in [-0.4, -0.2) is 12.0 Å². The van der Waals surface area contributed by atoms with E-state index in [9.17, 15) is 4.79 Å². The molecule has 2 unspecified atom stereocenters. The van der Waals surface area contributed by atoms with Crippen molar-refractivity contribution in [3.8, 4) is 5.75 Å². The normalized spacial score (nSPS) is 12.9. The molecule has 0 aliphatic heterocycles. The zero-order chi connectivity index (χ0) is 17.7. The van der Waals surface area contributed by atoms with E-state index in [1.165, 1.54) is 0 Å². The molecule has 0 radical (unpaired) electrons. The van der Waals surface area contributed by atoms with Crippen LogP contribution in [-0.2, 0) is 4.79 Å². The van der Waals surface area contributed by atoms with Gasteiger partial charge in [0.1, 0.15) is 11.8 Å². The van der Waals surface area contributed by atoms with E-state index in [-0.39, 0.29) is 30.5 Å². The minimum absolute atomic E-state index is 0. The summed E-state index contributed by atoms with van der Waals surface area (Å²) < 4.78 is 5.63. The van der Waals surface area contributed by atoms with Gasteiger partial charge < -0.3 is 15.8 Å². The van der Waals surface area contributed by atoms with Crippen LogP contribution in [0.2, 0.25) is 0 Å². The fourth-order valence-corrected chi connectivity index (χ4v) is 2.42. The Hall–Kier alpha value is -2.04. The van der Waals surface area contributed by atoms with Crippen molar-refractivity contribution < 1.29 is 9.53 Å². The van der Waals surface area contributed by atoms with Crippen LogP contribution < -0.4 is 15.8 Å². The van der Waals surface area contributed by atoms with Gasteiger partial charge in [0.15, 0.2) is 0 Å². The molecular formula is C20H27ClN2O2. The Bertz CT molecular complexity index is 669. The van der Waals surface area contributed by atoms with Gasteiger partial charge in [-0.3, -0.25) is 4.79 Å². The van der Waals surface area contributed by atoms with Crippen molar-refractivity contribution in [2.45, 2.75) is 45.9 Å². The Kier molecular flexibility index (Phi) is 7.94. The van der Waals surface area contributed by atoms with Crippen molar-refractivity contribution in [3.63, 3.8) is 0 Å². The molecule has 2 aromatic carbocycles. The number of ether oxygens (including phenoxy) is 1. The Morgan fingerprint density at radius 3 is 2.00 bits per heavy atom. The molecule has 0 heterocycles. The number of nitrogens with one attached hydrogen (secondary N) is 1. The Labute approximate surface area is 156 Å². The predicted octanol–water partition coefficient (Wildman–Crippen LogP) is 4.08. The molecule has 0 saturated heterocycles. The number of hydrogen-bond acceptors (Lipinski definition) is 3. The van der Waals surface area contributed by atoms with Gasteiger partial charge in [0, 0.05) is 0 Å². The van der Waals surface area contributed by atoms with Crippen molar-refractivity contribution in [2.75, 3.05) is 0 Å². The molecule has 2 aromatic rings. The summed E-state index contributed by atoms with van der Waals surface area (Å²) in [6.07, 6.45) is 0.139. The van der Waals surface area contributed by atoms with Crippen molar-refractivity contribution >= 4 is 18.3 Å². The van der Waals surface area contributed by atoms with Gasteiger partial charge in [0.25, 0.3) is 0 Å². The van der Waals surface area contributed by atoms with Crippen LogP contribution in [0.1, 0.15) is 49.5 Å². The molecule has 25 heavy (non-hydrogen) atoms. The third-order valence-corrected chi connectivity index (χ3v) is 3.83. The molecule has 1 amide bonds. The minimum atomic E-state index is -0.670. The number of aryl methyl sites for hydroxylation is 1. The summed E-state index contributed by atoms with van der Waals surface area (Å²) in [6.45, 7) is 7.93. The molecule has 0 fully saturated rings. The van der Waals surface area contributed by atoms with Crippen LogP contribution in [0.3, 0.4) is 0 Å². The van der Waals surface area contributed by atoms with Gasteiger partial charge in [-0.1, -0.05) is 42.0 Å². The standard InChI is InChI=1S/C20H26N2O2.ClH/c1-13(2)24-18-11-9-16(10-12-18)15(4)22-20(23)19(21)17-7-5-14(3)6-8-17;/h5-13,15,19H,21H2,1-4H3,(H,22,23);1H. The van der Waals surface area contributed by atoms with Gasteiger partial charge in [0.2, 0.25) is 5.91 Å². The number of carbonyl (C=O) groups excluding carboxylic acids is 1. The number of nitrogens with two attached hydrogens (primary N) is 1. The zero-order valence-corrected chi connectivity index (χ0v) is 16.0. The maximum atomic E-state index is 12.4.